The van der Waals surface area contributed by atoms with Crippen LogP contribution in [0.2, 0.25) is 0 Å². The van der Waals surface area contributed by atoms with E-state index in [1.54, 1.807) is 0 Å². The molecule has 9 heteroatoms. The Bertz CT molecular complexity index is 1090. The van der Waals surface area contributed by atoms with Gasteiger partial charge >= 0.3 is 18.0 Å². The van der Waals surface area contributed by atoms with Gasteiger partial charge in [0.15, 0.2) is 11.9 Å². The molecule has 1 aliphatic rings. The van der Waals surface area contributed by atoms with Crippen LogP contribution >= 0.6 is 0 Å². The zero-order chi connectivity index (χ0) is 27.2. The van der Waals surface area contributed by atoms with E-state index in [1.807, 2.05) is 60.7 Å². The van der Waals surface area contributed by atoms with Crippen LogP contribution in [0.4, 0.5) is 4.79 Å². The summed E-state index contributed by atoms with van der Waals surface area (Å²) >= 11 is 0. The summed E-state index contributed by atoms with van der Waals surface area (Å²) in [5.41, 5.74) is 1.69. The van der Waals surface area contributed by atoms with Gasteiger partial charge in [-0.05, 0) is 24.0 Å². The fourth-order valence-corrected chi connectivity index (χ4v) is 3.97. The molecule has 1 amide bonds. The molecule has 0 saturated heterocycles. The summed E-state index contributed by atoms with van der Waals surface area (Å²) in [7, 11) is 0. The van der Waals surface area contributed by atoms with Crippen LogP contribution in [-0.4, -0.2) is 42.2 Å². The zero-order valence-corrected chi connectivity index (χ0v) is 21.3. The Balaban J connectivity index is 1.45. The molecule has 2 atom stereocenters. The number of hydrogen-bond acceptors (Lipinski definition) is 8. The number of unbranched alkanes of at least 4 members (excludes halogenated alkanes) is 1. The molecule has 0 bridgehead atoms. The molecule has 0 spiro atoms. The van der Waals surface area contributed by atoms with E-state index in [-0.39, 0.29) is 56.9 Å². The molecule has 1 N–H and O–H groups in total. The highest BCUT2D eigenvalue weighted by atomic mass is 16.6. The van der Waals surface area contributed by atoms with Gasteiger partial charge in [-0.15, -0.1) is 0 Å². The van der Waals surface area contributed by atoms with E-state index in [1.165, 1.54) is 0 Å². The number of nitrogens with one attached hydrogen (secondary N) is 1. The van der Waals surface area contributed by atoms with Gasteiger partial charge in [0.1, 0.15) is 19.0 Å². The molecule has 0 aliphatic heterocycles. The van der Waals surface area contributed by atoms with Gasteiger partial charge < -0.3 is 19.5 Å². The maximum Gasteiger partial charge on any atom is 0.407 e. The zero-order valence-electron chi connectivity index (χ0n) is 21.3. The largest absolute Gasteiger partial charge is 0.461 e. The van der Waals surface area contributed by atoms with Gasteiger partial charge in [-0.1, -0.05) is 67.1 Å². The van der Waals surface area contributed by atoms with Crippen LogP contribution in [0.3, 0.4) is 0 Å². The average Bonchev–Trinajstić information content (AvgIpc) is 2.93. The first kappa shape index (κ1) is 28.6. The Morgan fingerprint density at radius 2 is 1.47 bits per heavy atom. The smallest absolute Gasteiger partial charge is 0.407 e. The van der Waals surface area contributed by atoms with Gasteiger partial charge in [-0.2, -0.15) is 0 Å². The summed E-state index contributed by atoms with van der Waals surface area (Å²) in [6, 6.07) is 18.5. The first-order valence-corrected chi connectivity index (χ1v) is 12.8. The number of carbonyl (C=O) groups excluding carboxylic acids is 5. The van der Waals surface area contributed by atoms with Crippen LogP contribution < -0.4 is 5.32 Å². The molecule has 1 saturated carbocycles. The van der Waals surface area contributed by atoms with Crippen molar-refractivity contribution in [3.8, 4) is 0 Å². The molecule has 202 valence electrons. The third-order valence-electron chi connectivity index (χ3n) is 6.13. The molecule has 1 unspecified atom stereocenters. The summed E-state index contributed by atoms with van der Waals surface area (Å²) in [5.74, 6) is -2.53. The van der Waals surface area contributed by atoms with Crippen molar-refractivity contribution in [2.45, 2.75) is 64.3 Å². The molecule has 0 aromatic heterocycles. The van der Waals surface area contributed by atoms with Crippen LogP contribution in [0, 0.1) is 5.92 Å². The van der Waals surface area contributed by atoms with E-state index in [0.717, 1.165) is 11.1 Å². The molecule has 9 nitrogen and oxygen atoms in total. The fraction of sp³-hybridized carbons (Fsp3) is 0.414. The van der Waals surface area contributed by atoms with Crippen LogP contribution in [0.5, 0.6) is 0 Å². The van der Waals surface area contributed by atoms with Gasteiger partial charge in [0, 0.05) is 19.4 Å². The second-order valence-corrected chi connectivity index (χ2v) is 9.17. The molecular weight excluding hydrogens is 490 g/mol. The van der Waals surface area contributed by atoms with Crippen molar-refractivity contribution in [2.75, 3.05) is 6.54 Å². The lowest BCUT2D eigenvalue weighted by Gasteiger charge is -2.23. The summed E-state index contributed by atoms with van der Waals surface area (Å²) in [4.78, 5) is 61.1. The van der Waals surface area contributed by atoms with Crippen LogP contribution in [0.25, 0.3) is 0 Å². The number of esters is 2. The second-order valence-electron chi connectivity index (χ2n) is 9.17. The Morgan fingerprint density at radius 1 is 0.842 bits per heavy atom. The van der Waals surface area contributed by atoms with Crippen molar-refractivity contribution >= 4 is 29.6 Å². The van der Waals surface area contributed by atoms with E-state index in [4.69, 9.17) is 14.2 Å². The molecule has 2 aromatic rings. The number of ether oxygens (including phenoxy) is 3. The van der Waals surface area contributed by atoms with Gasteiger partial charge in [0.05, 0.1) is 18.8 Å². The van der Waals surface area contributed by atoms with Crippen molar-refractivity contribution in [2.24, 2.45) is 5.92 Å². The molecule has 3 rings (SSSR count). The molecule has 1 fully saturated rings. The van der Waals surface area contributed by atoms with Crippen molar-refractivity contribution < 1.29 is 38.2 Å². The highest BCUT2D eigenvalue weighted by Crippen LogP contribution is 2.21. The third-order valence-corrected chi connectivity index (χ3v) is 6.13. The van der Waals surface area contributed by atoms with Crippen molar-refractivity contribution in [3.05, 3.63) is 71.8 Å². The number of hydrogen-bond donors (Lipinski definition) is 1. The number of amides is 1. The number of Topliss-reactive ketones (excluding diaryl/α,β-unsaturated/α-hetero) is 2. The molecule has 0 radical (unpaired) electrons. The van der Waals surface area contributed by atoms with Crippen LogP contribution in [-0.2, 0) is 46.6 Å². The minimum absolute atomic E-state index is 0.0482. The number of ketones is 2. The minimum atomic E-state index is -1.10. The monoisotopic (exact) mass is 523 g/mol. The quantitative estimate of drug-likeness (QED) is 0.237. The van der Waals surface area contributed by atoms with Crippen molar-refractivity contribution in [1.82, 2.24) is 5.32 Å². The summed E-state index contributed by atoms with van der Waals surface area (Å²) in [6.45, 7) is 0.559. The first-order chi connectivity index (χ1) is 18.4. The molecule has 2 aromatic carbocycles. The van der Waals surface area contributed by atoms with Crippen LogP contribution in [0.1, 0.15) is 56.1 Å². The van der Waals surface area contributed by atoms with E-state index >= 15 is 0 Å². The van der Waals surface area contributed by atoms with E-state index in [0.29, 0.717) is 19.4 Å². The predicted octanol–water partition coefficient (Wildman–Crippen LogP) is 4.07. The van der Waals surface area contributed by atoms with Crippen molar-refractivity contribution in [1.29, 1.82) is 0 Å². The molecule has 1 aliphatic carbocycles. The average molecular weight is 524 g/mol. The second kappa shape index (κ2) is 15.3. The van der Waals surface area contributed by atoms with E-state index < -0.39 is 30.1 Å². The van der Waals surface area contributed by atoms with Gasteiger partial charge in [-0.25, -0.2) is 4.79 Å². The number of rotatable bonds is 13. The molecule has 0 heterocycles. The van der Waals surface area contributed by atoms with Gasteiger partial charge in [0.2, 0.25) is 0 Å². The lowest BCUT2D eigenvalue weighted by Crippen LogP contribution is -2.36. The highest BCUT2D eigenvalue weighted by Gasteiger charge is 2.33. The maximum atomic E-state index is 12.9. The summed E-state index contributed by atoms with van der Waals surface area (Å²) < 4.78 is 15.8. The van der Waals surface area contributed by atoms with E-state index in [9.17, 15) is 24.0 Å². The standard InChI is InChI=1S/C29H33NO8/c31-24-14-15-25(32)26(18-24)38-28(34)23(17-27(33)36-19-21-9-3-1-4-10-21)13-7-8-16-30-29(35)37-20-22-11-5-2-6-12-22/h1-6,9-12,23,26H,7-8,13-20H2,(H,30,35)/t23-,26?/m1/s1. The van der Waals surface area contributed by atoms with Gasteiger partial charge in [0.25, 0.3) is 0 Å². The topological polar surface area (TPSA) is 125 Å². The van der Waals surface area contributed by atoms with E-state index in [2.05, 4.69) is 5.32 Å². The number of benzene rings is 2. The lowest BCUT2D eigenvalue weighted by atomic mass is 9.94. The van der Waals surface area contributed by atoms with Crippen molar-refractivity contribution in [3.63, 3.8) is 0 Å². The SMILES string of the molecule is O=C1CCC(=O)C(OC(=O)[C@H](CCCCNC(=O)OCc2ccccc2)CC(=O)OCc2ccccc2)C1. The normalized spacial score (nSPS) is 15.8. The Labute approximate surface area is 221 Å². The Hall–Kier alpha value is -4.01. The number of alkyl carbamates (subject to hydrolysis) is 1. The molecular formula is C29H33NO8. The Kier molecular flexibility index (Phi) is 11.5. The summed E-state index contributed by atoms with van der Waals surface area (Å²) in [5, 5.41) is 2.66. The number of carbonyl (C=O) groups is 5. The summed E-state index contributed by atoms with van der Waals surface area (Å²) in [6.07, 6.45) is -0.475. The third kappa shape index (κ3) is 10.2. The first-order valence-electron chi connectivity index (χ1n) is 12.8. The van der Waals surface area contributed by atoms with Crippen LogP contribution in [0.15, 0.2) is 60.7 Å². The fourth-order valence-electron chi connectivity index (χ4n) is 3.97. The molecule has 38 heavy (non-hydrogen) atoms. The maximum absolute atomic E-state index is 12.9. The highest BCUT2D eigenvalue weighted by molar-refractivity contribution is 5.97. The van der Waals surface area contributed by atoms with Gasteiger partial charge in [-0.3, -0.25) is 19.2 Å². The Morgan fingerprint density at radius 3 is 2.13 bits per heavy atom. The lowest BCUT2D eigenvalue weighted by molar-refractivity contribution is -0.165. The predicted molar refractivity (Wildman–Crippen MR) is 137 cm³/mol. The minimum Gasteiger partial charge on any atom is -0.461 e.